The Kier molecular flexibility index (Phi) is 3.92. The van der Waals surface area contributed by atoms with E-state index in [0.29, 0.717) is 28.2 Å². The summed E-state index contributed by atoms with van der Waals surface area (Å²) in [6.45, 7) is 1.86. The molecule has 0 aliphatic rings. The number of hydrogen-bond acceptors (Lipinski definition) is 4. The molecule has 3 aromatic heterocycles. The van der Waals surface area contributed by atoms with Gasteiger partial charge in [0.15, 0.2) is 0 Å². The first-order valence-electron chi connectivity index (χ1n) is 6.91. The van der Waals surface area contributed by atoms with Crippen molar-refractivity contribution in [2.75, 3.05) is 0 Å². The first-order chi connectivity index (χ1) is 10.6. The number of pyridine rings is 2. The molecule has 1 atom stereocenters. The molecule has 0 aromatic carbocycles. The Morgan fingerprint density at radius 1 is 1.36 bits per heavy atom. The van der Waals surface area contributed by atoms with E-state index in [-0.39, 0.29) is 5.56 Å². The molecule has 0 spiro atoms. The van der Waals surface area contributed by atoms with Crippen molar-refractivity contribution in [3.63, 3.8) is 0 Å². The number of fused-ring (bicyclic) bond motifs is 1. The summed E-state index contributed by atoms with van der Waals surface area (Å²) >= 11 is 6.39. The lowest BCUT2D eigenvalue weighted by Gasteiger charge is -2.18. The van der Waals surface area contributed by atoms with E-state index in [9.17, 15) is 9.90 Å². The highest BCUT2D eigenvalue weighted by Gasteiger charge is 2.21. The van der Waals surface area contributed by atoms with Crippen LogP contribution in [-0.2, 0) is 0 Å². The molecule has 0 bridgehead atoms. The fourth-order valence-electron chi connectivity index (χ4n) is 2.48. The van der Waals surface area contributed by atoms with E-state index < -0.39 is 6.10 Å². The van der Waals surface area contributed by atoms with Crippen molar-refractivity contribution in [1.29, 1.82) is 0 Å². The number of hydrogen-bond donors (Lipinski definition) is 1. The second kappa shape index (κ2) is 5.87. The maximum atomic E-state index is 12.0. The smallest absolute Gasteiger partial charge is 0.257 e. The zero-order chi connectivity index (χ0) is 15.7. The number of halogens is 1. The maximum absolute atomic E-state index is 12.0. The molecule has 3 rings (SSSR count). The maximum Gasteiger partial charge on any atom is 0.257 e. The summed E-state index contributed by atoms with van der Waals surface area (Å²) in [5.74, 6) is 0. The predicted octanol–water partition coefficient (Wildman–Crippen LogP) is 2.85. The van der Waals surface area contributed by atoms with Gasteiger partial charge in [-0.25, -0.2) is 4.98 Å². The highest BCUT2D eigenvalue weighted by atomic mass is 35.5. The summed E-state index contributed by atoms with van der Waals surface area (Å²) in [6.07, 6.45) is 6.00. The first kappa shape index (κ1) is 14.7. The molecule has 5 nitrogen and oxygen atoms in total. The van der Waals surface area contributed by atoms with E-state index in [2.05, 4.69) is 9.97 Å². The van der Waals surface area contributed by atoms with Crippen molar-refractivity contribution in [2.24, 2.45) is 0 Å². The Morgan fingerprint density at radius 2 is 2.18 bits per heavy atom. The second-order valence-electron chi connectivity index (χ2n) is 4.91. The number of aromatic nitrogens is 3. The van der Waals surface area contributed by atoms with Gasteiger partial charge in [0.2, 0.25) is 0 Å². The summed E-state index contributed by atoms with van der Waals surface area (Å²) in [7, 11) is 0. The molecular weight excluding hydrogens is 302 g/mol. The Balaban J connectivity index is 2.46. The number of rotatable bonds is 3. The number of aliphatic hydroxyl groups excluding tert-OH is 1. The monoisotopic (exact) mass is 315 g/mol. The van der Waals surface area contributed by atoms with E-state index in [1.165, 1.54) is 22.9 Å². The van der Waals surface area contributed by atoms with Crippen LogP contribution in [0.5, 0.6) is 0 Å². The van der Waals surface area contributed by atoms with Crippen molar-refractivity contribution in [3.8, 4) is 11.1 Å². The largest absolute Gasteiger partial charge is 0.388 e. The SMILES string of the molecule is CCC(O)c1c(-c2cccnc2)c(Cl)cn2c(=O)ccnc12. The lowest BCUT2D eigenvalue weighted by molar-refractivity contribution is 0.175. The minimum Gasteiger partial charge on any atom is -0.388 e. The van der Waals surface area contributed by atoms with Gasteiger partial charge in [0.05, 0.1) is 11.1 Å². The summed E-state index contributed by atoms with van der Waals surface area (Å²) in [4.78, 5) is 20.4. The highest BCUT2D eigenvalue weighted by molar-refractivity contribution is 6.33. The van der Waals surface area contributed by atoms with Crippen LogP contribution in [0.15, 0.2) is 47.8 Å². The summed E-state index contributed by atoms with van der Waals surface area (Å²) in [5.41, 5.74) is 2.14. The molecule has 3 aromatic rings. The topological polar surface area (TPSA) is 67.5 Å². The van der Waals surface area contributed by atoms with Crippen molar-refractivity contribution in [3.05, 3.63) is 63.9 Å². The third kappa shape index (κ3) is 2.38. The summed E-state index contributed by atoms with van der Waals surface area (Å²) in [6, 6.07) is 5.01. The van der Waals surface area contributed by atoms with Crippen LogP contribution >= 0.6 is 11.6 Å². The Labute approximate surface area is 131 Å². The van der Waals surface area contributed by atoms with Crippen LogP contribution in [-0.4, -0.2) is 19.5 Å². The summed E-state index contributed by atoms with van der Waals surface area (Å²) in [5, 5.41) is 10.8. The van der Waals surface area contributed by atoms with Gasteiger partial charge in [-0.2, -0.15) is 0 Å². The fraction of sp³-hybridized carbons (Fsp3) is 0.188. The van der Waals surface area contributed by atoms with Crippen LogP contribution < -0.4 is 5.56 Å². The van der Waals surface area contributed by atoms with Crippen LogP contribution in [0.25, 0.3) is 16.8 Å². The molecule has 1 unspecified atom stereocenters. The Hall–Kier alpha value is -2.24. The Morgan fingerprint density at radius 3 is 2.86 bits per heavy atom. The second-order valence-corrected chi connectivity index (χ2v) is 5.32. The molecule has 0 fully saturated rings. The quantitative estimate of drug-likeness (QED) is 0.807. The molecule has 0 aliphatic carbocycles. The van der Waals surface area contributed by atoms with Crippen LogP contribution in [0.2, 0.25) is 5.02 Å². The normalized spacial score (nSPS) is 12.5. The summed E-state index contributed by atoms with van der Waals surface area (Å²) < 4.78 is 1.36. The number of nitrogens with zero attached hydrogens (tertiary/aromatic N) is 3. The molecule has 0 amide bonds. The van der Waals surface area contributed by atoms with Crippen molar-refractivity contribution in [1.82, 2.24) is 14.4 Å². The number of aliphatic hydroxyl groups is 1. The van der Waals surface area contributed by atoms with E-state index in [1.54, 1.807) is 18.5 Å². The van der Waals surface area contributed by atoms with Crippen LogP contribution in [0, 0.1) is 0 Å². The van der Waals surface area contributed by atoms with E-state index in [4.69, 9.17) is 11.6 Å². The average molecular weight is 316 g/mol. The molecule has 0 saturated carbocycles. The van der Waals surface area contributed by atoms with E-state index >= 15 is 0 Å². The molecule has 3 heterocycles. The first-order valence-corrected chi connectivity index (χ1v) is 7.29. The molecule has 112 valence electrons. The minimum absolute atomic E-state index is 0.241. The van der Waals surface area contributed by atoms with E-state index in [1.807, 2.05) is 13.0 Å². The van der Waals surface area contributed by atoms with Crippen molar-refractivity contribution in [2.45, 2.75) is 19.4 Å². The molecule has 1 N–H and O–H groups in total. The predicted molar refractivity (Wildman–Crippen MR) is 85.0 cm³/mol. The zero-order valence-corrected chi connectivity index (χ0v) is 12.7. The van der Waals surface area contributed by atoms with Gasteiger partial charge in [0, 0.05) is 47.5 Å². The standard InChI is InChI=1S/C16H14ClN3O2/c1-2-12(21)15-14(10-4-3-6-18-8-10)11(17)9-20-13(22)5-7-19-16(15)20/h3-9,12,21H,2H2,1H3. The lowest BCUT2D eigenvalue weighted by atomic mass is 9.97. The van der Waals surface area contributed by atoms with Gasteiger partial charge < -0.3 is 5.11 Å². The fourth-order valence-corrected chi connectivity index (χ4v) is 2.79. The van der Waals surface area contributed by atoms with Gasteiger partial charge >= 0.3 is 0 Å². The highest BCUT2D eigenvalue weighted by Crippen LogP contribution is 2.37. The van der Waals surface area contributed by atoms with Crippen LogP contribution in [0.1, 0.15) is 25.0 Å². The van der Waals surface area contributed by atoms with Gasteiger partial charge in [0.1, 0.15) is 5.65 Å². The van der Waals surface area contributed by atoms with Gasteiger partial charge in [-0.1, -0.05) is 24.6 Å². The average Bonchev–Trinajstić information content (AvgIpc) is 2.54. The van der Waals surface area contributed by atoms with Crippen LogP contribution in [0.3, 0.4) is 0 Å². The molecule has 22 heavy (non-hydrogen) atoms. The van der Waals surface area contributed by atoms with Crippen LogP contribution in [0.4, 0.5) is 0 Å². The molecule has 0 radical (unpaired) electrons. The Bertz CT molecular complexity index is 878. The lowest BCUT2D eigenvalue weighted by Crippen LogP contribution is -2.16. The van der Waals surface area contributed by atoms with Gasteiger partial charge in [-0.05, 0) is 12.5 Å². The third-order valence-electron chi connectivity index (χ3n) is 3.54. The van der Waals surface area contributed by atoms with Gasteiger partial charge in [-0.15, -0.1) is 0 Å². The molecule has 6 heteroatoms. The van der Waals surface area contributed by atoms with Gasteiger partial charge in [-0.3, -0.25) is 14.2 Å². The molecule has 0 aliphatic heterocycles. The molecular formula is C16H14ClN3O2. The van der Waals surface area contributed by atoms with E-state index in [0.717, 1.165) is 5.56 Å². The van der Waals surface area contributed by atoms with Crippen molar-refractivity contribution < 1.29 is 5.11 Å². The third-order valence-corrected chi connectivity index (χ3v) is 3.83. The zero-order valence-electron chi connectivity index (χ0n) is 11.9. The molecule has 0 saturated heterocycles. The van der Waals surface area contributed by atoms with Crippen molar-refractivity contribution >= 4 is 17.2 Å². The minimum atomic E-state index is -0.779. The van der Waals surface area contributed by atoms with Gasteiger partial charge in [0.25, 0.3) is 5.56 Å².